The van der Waals surface area contributed by atoms with E-state index in [2.05, 4.69) is 49.3 Å². The number of rotatable bonds is 5. The van der Waals surface area contributed by atoms with Gasteiger partial charge >= 0.3 is 6.03 Å². The summed E-state index contributed by atoms with van der Waals surface area (Å²) in [6.07, 6.45) is 2.06. The molecule has 0 fully saturated rings. The van der Waals surface area contributed by atoms with Gasteiger partial charge in [0, 0.05) is 21.1 Å². The molecule has 0 bridgehead atoms. The van der Waals surface area contributed by atoms with Crippen LogP contribution in [-0.4, -0.2) is 36.1 Å². The first-order valence-electron chi connectivity index (χ1n) is 11.7. The summed E-state index contributed by atoms with van der Waals surface area (Å²) in [7, 11) is 1.64. The van der Waals surface area contributed by atoms with E-state index in [4.69, 9.17) is 4.74 Å². The zero-order valence-electron chi connectivity index (χ0n) is 20.8. The normalized spacial score (nSPS) is 12.6. The fraction of sp³-hybridized carbons (Fsp3) is 0.407. The van der Waals surface area contributed by atoms with Gasteiger partial charge in [-0.3, -0.25) is 0 Å². The predicted molar refractivity (Wildman–Crippen MR) is 142 cm³/mol. The van der Waals surface area contributed by atoms with Gasteiger partial charge in [-0.2, -0.15) is 0 Å². The summed E-state index contributed by atoms with van der Waals surface area (Å²) in [4.78, 5) is 18.3. The molecule has 33 heavy (non-hydrogen) atoms. The Morgan fingerprint density at radius 2 is 1.82 bits per heavy atom. The third-order valence-electron chi connectivity index (χ3n) is 5.47. The molecule has 0 saturated heterocycles. The summed E-state index contributed by atoms with van der Waals surface area (Å²) < 4.78 is 6.47. The molecular weight excluding hydrogens is 430 g/mol. The third kappa shape index (κ3) is 7.60. The second-order valence-corrected chi connectivity index (χ2v) is 8.49. The maximum atomic E-state index is 12.3. The van der Waals surface area contributed by atoms with Gasteiger partial charge in [-0.25, -0.2) is 9.78 Å². The number of thiazole rings is 1. The Morgan fingerprint density at radius 1 is 1.12 bits per heavy atom. The van der Waals surface area contributed by atoms with Crippen LogP contribution in [0.5, 0.6) is 5.75 Å². The van der Waals surface area contributed by atoms with Crippen LogP contribution in [0.2, 0.25) is 0 Å². The number of amides is 2. The number of carbonyl (C=O) groups is 1. The standard InChI is InChI=1S/C17H24N2O2.C8H7NS.C2H6.H2/c1-4-14-11-19(12-15(14)5-2)17(20)18-10-13-7-6-8-16(9-13)21-3;1-6-2-3-7-8(4-6)10-5-9-7;1-2;/h6-9H,4-5,10-12H2,1-3H3,(H,18,20);2-5H,1H3;1-2H3;1H. The minimum atomic E-state index is 0. The van der Waals surface area contributed by atoms with Gasteiger partial charge in [0.1, 0.15) is 5.75 Å². The summed E-state index contributed by atoms with van der Waals surface area (Å²) in [5.74, 6) is 0.811. The second kappa shape index (κ2) is 13.6. The highest BCUT2D eigenvalue weighted by Gasteiger charge is 2.23. The molecule has 180 valence electrons. The van der Waals surface area contributed by atoms with Crippen molar-refractivity contribution in [3.8, 4) is 5.75 Å². The zero-order valence-corrected chi connectivity index (χ0v) is 21.6. The van der Waals surface area contributed by atoms with Gasteiger partial charge in [-0.15, -0.1) is 11.3 Å². The largest absolute Gasteiger partial charge is 0.497 e. The molecule has 1 aliphatic heterocycles. The lowest BCUT2D eigenvalue weighted by molar-refractivity contribution is 0.209. The highest BCUT2D eigenvalue weighted by molar-refractivity contribution is 7.16. The van der Waals surface area contributed by atoms with Crippen LogP contribution < -0.4 is 10.1 Å². The minimum absolute atomic E-state index is 0. The van der Waals surface area contributed by atoms with Crippen LogP contribution in [0.4, 0.5) is 4.79 Å². The molecule has 1 N–H and O–H groups in total. The van der Waals surface area contributed by atoms with Crippen molar-refractivity contribution in [2.24, 2.45) is 0 Å². The van der Waals surface area contributed by atoms with Gasteiger partial charge in [0.05, 0.1) is 22.8 Å². The Morgan fingerprint density at radius 3 is 2.45 bits per heavy atom. The Balaban J connectivity index is 0.000000371. The quantitative estimate of drug-likeness (QED) is 0.402. The number of carbonyl (C=O) groups excluding carboxylic acids is 1. The minimum Gasteiger partial charge on any atom is -0.497 e. The number of aromatic nitrogens is 1. The number of urea groups is 1. The van der Waals surface area contributed by atoms with Gasteiger partial charge in [0.15, 0.2) is 0 Å². The average Bonchev–Trinajstić information content (AvgIpc) is 3.50. The van der Waals surface area contributed by atoms with Crippen molar-refractivity contribution in [3.05, 3.63) is 70.2 Å². The fourth-order valence-electron chi connectivity index (χ4n) is 3.64. The number of nitrogens with one attached hydrogen (secondary N) is 1. The van der Waals surface area contributed by atoms with Crippen LogP contribution >= 0.6 is 11.3 Å². The third-order valence-corrected chi connectivity index (χ3v) is 6.26. The van der Waals surface area contributed by atoms with E-state index >= 15 is 0 Å². The van der Waals surface area contributed by atoms with Crippen molar-refractivity contribution >= 4 is 27.6 Å². The highest BCUT2D eigenvalue weighted by atomic mass is 32.1. The first-order chi connectivity index (χ1) is 16.0. The Bertz CT molecular complexity index is 1050. The van der Waals surface area contributed by atoms with Crippen molar-refractivity contribution in [1.29, 1.82) is 0 Å². The van der Waals surface area contributed by atoms with Crippen LogP contribution in [-0.2, 0) is 6.54 Å². The van der Waals surface area contributed by atoms with Crippen molar-refractivity contribution in [1.82, 2.24) is 15.2 Å². The van der Waals surface area contributed by atoms with E-state index in [1.165, 1.54) is 21.4 Å². The molecule has 0 radical (unpaired) electrons. The van der Waals surface area contributed by atoms with E-state index < -0.39 is 0 Å². The topological polar surface area (TPSA) is 54.5 Å². The molecule has 0 unspecified atom stereocenters. The molecule has 5 nitrogen and oxygen atoms in total. The number of hydrogen-bond acceptors (Lipinski definition) is 4. The van der Waals surface area contributed by atoms with Crippen molar-refractivity contribution < 1.29 is 11.0 Å². The molecule has 1 aromatic heterocycles. The van der Waals surface area contributed by atoms with Crippen LogP contribution in [0.25, 0.3) is 10.2 Å². The molecule has 0 aliphatic carbocycles. The summed E-state index contributed by atoms with van der Waals surface area (Å²) in [5.41, 5.74) is 8.15. The first-order valence-corrected chi connectivity index (χ1v) is 12.6. The monoisotopic (exact) mass is 469 g/mol. The molecule has 0 spiro atoms. The predicted octanol–water partition coefficient (Wildman–Crippen LogP) is 7.21. The van der Waals surface area contributed by atoms with E-state index in [9.17, 15) is 4.79 Å². The molecular formula is C27H39N3O2S. The van der Waals surface area contributed by atoms with Gasteiger partial charge in [0.2, 0.25) is 0 Å². The van der Waals surface area contributed by atoms with E-state index in [0.29, 0.717) is 6.54 Å². The van der Waals surface area contributed by atoms with Crippen LogP contribution in [0.1, 0.15) is 53.1 Å². The molecule has 4 rings (SSSR count). The second-order valence-electron chi connectivity index (χ2n) is 7.60. The lowest BCUT2D eigenvalue weighted by atomic mass is 10.1. The summed E-state index contributed by atoms with van der Waals surface area (Å²) in [6.45, 7) is 12.5. The van der Waals surface area contributed by atoms with Gasteiger partial charge < -0.3 is 15.0 Å². The van der Waals surface area contributed by atoms with E-state index in [0.717, 1.165) is 42.8 Å². The summed E-state index contributed by atoms with van der Waals surface area (Å²) >= 11 is 1.69. The van der Waals surface area contributed by atoms with Gasteiger partial charge in [0.25, 0.3) is 0 Å². The molecule has 1 aliphatic rings. The molecule has 0 saturated carbocycles. The summed E-state index contributed by atoms with van der Waals surface area (Å²) in [5, 5.41) is 2.99. The number of benzene rings is 2. The number of nitrogens with zero attached hydrogens (tertiary/aromatic N) is 2. The average molecular weight is 470 g/mol. The maximum absolute atomic E-state index is 12.3. The number of ether oxygens (including phenoxy) is 1. The van der Waals surface area contributed by atoms with Gasteiger partial charge in [-0.1, -0.05) is 57.0 Å². The van der Waals surface area contributed by atoms with E-state index in [-0.39, 0.29) is 7.46 Å². The molecule has 6 heteroatoms. The fourth-order valence-corrected chi connectivity index (χ4v) is 4.42. The van der Waals surface area contributed by atoms with Crippen molar-refractivity contribution in [2.45, 2.75) is 54.0 Å². The van der Waals surface area contributed by atoms with Crippen molar-refractivity contribution in [2.75, 3.05) is 20.2 Å². The van der Waals surface area contributed by atoms with Crippen LogP contribution in [0.3, 0.4) is 0 Å². The molecule has 2 heterocycles. The Hall–Kier alpha value is -2.86. The Kier molecular flexibility index (Phi) is 10.9. The zero-order chi connectivity index (χ0) is 24.2. The SMILES string of the molecule is CC.CCC1=C(CC)CN(C(=O)NCc2cccc(OC)c2)C1.Cc1ccc2ncsc2c1.[HH]. The number of methoxy groups -OCH3 is 1. The van der Waals surface area contributed by atoms with Gasteiger partial charge in [-0.05, 0) is 55.2 Å². The number of hydrogen-bond donors (Lipinski definition) is 1. The van der Waals surface area contributed by atoms with Crippen LogP contribution in [0.15, 0.2) is 59.1 Å². The number of aryl methyl sites for hydroxylation is 1. The lowest BCUT2D eigenvalue weighted by Gasteiger charge is -2.18. The summed E-state index contributed by atoms with van der Waals surface area (Å²) in [6, 6.07) is 14.1. The molecule has 2 amide bonds. The van der Waals surface area contributed by atoms with Crippen LogP contribution in [0, 0.1) is 6.92 Å². The Labute approximate surface area is 204 Å². The maximum Gasteiger partial charge on any atom is 0.318 e. The molecule has 3 aromatic rings. The molecule has 0 atom stereocenters. The first kappa shape index (κ1) is 26.4. The van der Waals surface area contributed by atoms with Crippen molar-refractivity contribution in [3.63, 3.8) is 0 Å². The van der Waals surface area contributed by atoms with E-state index in [1.54, 1.807) is 18.4 Å². The lowest BCUT2D eigenvalue weighted by Crippen LogP contribution is -2.38. The van der Waals surface area contributed by atoms with E-state index in [1.807, 2.05) is 48.5 Å². The number of fused-ring (bicyclic) bond motifs is 1. The molecule has 2 aromatic carbocycles. The smallest absolute Gasteiger partial charge is 0.318 e. The highest BCUT2D eigenvalue weighted by Crippen LogP contribution is 2.22.